The predicted molar refractivity (Wildman–Crippen MR) is 90.1 cm³/mol. The largest absolute Gasteiger partial charge is 0.445 e. The zero-order chi connectivity index (χ0) is 16.7. The number of nitrogens with one attached hydrogen (secondary N) is 1. The molecule has 0 saturated carbocycles. The van der Waals surface area contributed by atoms with Crippen LogP contribution < -0.4 is 15.3 Å². The van der Waals surface area contributed by atoms with Gasteiger partial charge < -0.3 is 9.15 Å². The van der Waals surface area contributed by atoms with E-state index in [1.54, 1.807) is 19.3 Å². The topological polar surface area (TPSA) is 56.8 Å². The molecule has 1 aromatic carbocycles. The average molecular weight is 323 g/mol. The van der Waals surface area contributed by atoms with Crippen LogP contribution in [-0.4, -0.2) is 11.7 Å². The van der Waals surface area contributed by atoms with Crippen LogP contribution in [0.4, 0.5) is 0 Å². The molecule has 1 atom stereocenters. The van der Waals surface area contributed by atoms with Crippen molar-refractivity contribution in [2.45, 2.75) is 26.9 Å². The number of hydrogen-bond donors (Lipinski definition) is 1. The highest BCUT2D eigenvalue weighted by molar-refractivity contribution is 5.85. The van der Waals surface area contributed by atoms with Crippen LogP contribution >= 0.6 is 0 Å². The number of quaternary nitrogens is 1. The van der Waals surface area contributed by atoms with Gasteiger partial charge in [-0.2, -0.15) is 0 Å². The maximum Gasteiger partial charge on any atom is 0.339 e. The van der Waals surface area contributed by atoms with Crippen LogP contribution in [-0.2, 0) is 13.1 Å². The van der Waals surface area contributed by atoms with Gasteiger partial charge in [0.15, 0.2) is 5.58 Å². The Labute approximate surface area is 139 Å². The van der Waals surface area contributed by atoms with Crippen molar-refractivity contribution in [2.75, 3.05) is 6.73 Å². The molecule has 0 bridgehead atoms. The van der Waals surface area contributed by atoms with Gasteiger partial charge in [-0.3, -0.25) is 9.88 Å². The van der Waals surface area contributed by atoms with Crippen molar-refractivity contribution in [1.82, 2.24) is 4.98 Å². The summed E-state index contributed by atoms with van der Waals surface area (Å²) in [5, 5.41) is 0.986. The summed E-state index contributed by atoms with van der Waals surface area (Å²) < 4.78 is 11.5. The molecule has 5 heteroatoms. The Morgan fingerprint density at radius 3 is 2.71 bits per heavy atom. The van der Waals surface area contributed by atoms with Gasteiger partial charge in [-0.1, -0.05) is 0 Å². The van der Waals surface area contributed by atoms with Gasteiger partial charge in [-0.25, -0.2) is 4.79 Å². The summed E-state index contributed by atoms with van der Waals surface area (Å²) >= 11 is 0. The third-order valence-corrected chi connectivity index (χ3v) is 4.75. The summed E-state index contributed by atoms with van der Waals surface area (Å²) in [7, 11) is 0. The van der Waals surface area contributed by atoms with Crippen LogP contribution in [0.25, 0.3) is 11.0 Å². The molecule has 1 unspecified atom stereocenters. The van der Waals surface area contributed by atoms with E-state index in [0.29, 0.717) is 17.9 Å². The number of aromatic nitrogens is 1. The van der Waals surface area contributed by atoms with Crippen molar-refractivity contribution in [3.63, 3.8) is 0 Å². The van der Waals surface area contributed by atoms with Crippen molar-refractivity contribution in [2.24, 2.45) is 0 Å². The van der Waals surface area contributed by atoms with E-state index >= 15 is 0 Å². The van der Waals surface area contributed by atoms with E-state index in [-0.39, 0.29) is 5.63 Å². The summed E-state index contributed by atoms with van der Waals surface area (Å²) in [5.74, 6) is 0.812. The molecule has 24 heavy (non-hydrogen) atoms. The second-order valence-electron chi connectivity index (χ2n) is 6.31. The van der Waals surface area contributed by atoms with Crippen LogP contribution in [0.3, 0.4) is 0 Å². The monoisotopic (exact) mass is 323 g/mol. The third-order valence-electron chi connectivity index (χ3n) is 4.75. The fraction of sp³-hybridized carbons (Fsp3) is 0.263. The van der Waals surface area contributed by atoms with Gasteiger partial charge >= 0.3 is 5.63 Å². The molecule has 3 aromatic rings. The molecule has 1 N–H and O–H groups in total. The van der Waals surface area contributed by atoms with Gasteiger partial charge in [0.2, 0.25) is 6.73 Å². The zero-order valence-corrected chi connectivity index (χ0v) is 13.8. The number of benzene rings is 1. The molecule has 0 aliphatic carbocycles. The molecule has 122 valence electrons. The molecule has 1 aliphatic rings. The Balaban J connectivity index is 1.75. The number of ether oxygens (including phenoxy) is 1. The molecule has 0 radical (unpaired) electrons. The highest BCUT2D eigenvalue weighted by atomic mass is 16.5. The third kappa shape index (κ3) is 2.47. The van der Waals surface area contributed by atoms with E-state index in [1.807, 2.05) is 31.2 Å². The van der Waals surface area contributed by atoms with Gasteiger partial charge in [-0.15, -0.1) is 0 Å². The summed E-state index contributed by atoms with van der Waals surface area (Å²) in [6.07, 6.45) is 3.60. The van der Waals surface area contributed by atoms with E-state index < -0.39 is 0 Å². The van der Waals surface area contributed by atoms with Crippen LogP contribution in [0, 0.1) is 13.8 Å². The minimum absolute atomic E-state index is 0.269. The maximum absolute atomic E-state index is 12.1. The molecule has 4 rings (SSSR count). The summed E-state index contributed by atoms with van der Waals surface area (Å²) in [4.78, 5) is 17.4. The molecule has 3 heterocycles. The molecule has 0 saturated heterocycles. The summed E-state index contributed by atoms with van der Waals surface area (Å²) in [5.41, 5.74) is 4.22. The number of hydrogen-bond acceptors (Lipinski definition) is 4. The molecular formula is C19H19N2O3+. The van der Waals surface area contributed by atoms with Crippen LogP contribution in [0.5, 0.6) is 5.75 Å². The number of nitrogens with zero attached hydrogens (tertiary/aromatic N) is 1. The van der Waals surface area contributed by atoms with Gasteiger partial charge in [0, 0.05) is 28.9 Å². The molecule has 0 fully saturated rings. The lowest BCUT2D eigenvalue weighted by molar-refractivity contribution is -0.945. The Morgan fingerprint density at radius 2 is 1.92 bits per heavy atom. The molecule has 0 amide bonds. The number of aryl methyl sites for hydroxylation is 1. The van der Waals surface area contributed by atoms with Crippen molar-refractivity contribution in [3.8, 4) is 5.75 Å². The summed E-state index contributed by atoms with van der Waals surface area (Å²) in [6.45, 7) is 5.97. The average Bonchev–Trinajstić information content (AvgIpc) is 2.60. The zero-order valence-electron chi connectivity index (χ0n) is 13.8. The quantitative estimate of drug-likeness (QED) is 0.730. The van der Waals surface area contributed by atoms with Crippen molar-refractivity contribution in [3.05, 3.63) is 69.3 Å². The van der Waals surface area contributed by atoms with E-state index in [0.717, 1.165) is 35.4 Å². The van der Waals surface area contributed by atoms with E-state index in [2.05, 4.69) is 4.98 Å². The van der Waals surface area contributed by atoms with Crippen LogP contribution in [0.2, 0.25) is 0 Å². The summed E-state index contributed by atoms with van der Waals surface area (Å²) in [6, 6.07) is 7.99. The predicted octanol–water partition coefficient (Wildman–Crippen LogP) is 1.74. The van der Waals surface area contributed by atoms with E-state index in [1.165, 1.54) is 10.5 Å². The molecule has 5 nitrogen and oxygen atoms in total. The van der Waals surface area contributed by atoms with E-state index in [4.69, 9.17) is 9.15 Å². The SMILES string of the molecule is Cc1c(C)c2ccc3c(c2oc1=O)C[NH+](Cc1ccncc1)CO3. The fourth-order valence-corrected chi connectivity index (χ4v) is 3.23. The lowest BCUT2D eigenvalue weighted by Crippen LogP contribution is -3.10. The van der Waals surface area contributed by atoms with Gasteiger partial charge in [0.05, 0.1) is 5.56 Å². The smallest absolute Gasteiger partial charge is 0.339 e. The Morgan fingerprint density at radius 1 is 1.12 bits per heavy atom. The minimum atomic E-state index is -0.269. The highest BCUT2D eigenvalue weighted by Crippen LogP contribution is 2.30. The normalized spacial score (nSPS) is 16.7. The maximum atomic E-state index is 12.1. The van der Waals surface area contributed by atoms with Crippen molar-refractivity contribution < 1.29 is 14.1 Å². The minimum Gasteiger partial charge on any atom is -0.445 e. The second-order valence-corrected chi connectivity index (χ2v) is 6.31. The first-order chi connectivity index (χ1) is 11.6. The molecular weight excluding hydrogens is 304 g/mol. The number of fused-ring (bicyclic) bond motifs is 3. The first kappa shape index (κ1) is 14.9. The Hall–Kier alpha value is -2.66. The van der Waals surface area contributed by atoms with Crippen molar-refractivity contribution in [1.29, 1.82) is 0 Å². The lowest BCUT2D eigenvalue weighted by atomic mass is 10.0. The fourth-order valence-electron chi connectivity index (χ4n) is 3.23. The van der Waals surface area contributed by atoms with E-state index in [9.17, 15) is 4.79 Å². The first-order valence-corrected chi connectivity index (χ1v) is 8.04. The Kier molecular flexibility index (Phi) is 3.58. The Bertz CT molecular complexity index is 964. The lowest BCUT2D eigenvalue weighted by Gasteiger charge is -2.26. The molecule has 0 spiro atoms. The van der Waals surface area contributed by atoms with Gasteiger partial charge in [-0.05, 0) is 43.7 Å². The van der Waals surface area contributed by atoms with Crippen LogP contribution in [0.1, 0.15) is 22.3 Å². The standard InChI is InChI=1S/C19H18N2O3/c1-12-13(2)19(22)24-18-15(12)3-4-17-16(18)10-21(11-23-17)9-14-5-7-20-8-6-14/h3-8H,9-11H2,1-2H3/p+1. The second kappa shape index (κ2) is 5.76. The van der Waals surface area contributed by atoms with Crippen LogP contribution in [0.15, 0.2) is 45.9 Å². The van der Waals surface area contributed by atoms with Gasteiger partial charge in [0.1, 0.15) is 18.8 Å². The first-order valence-electron chi connectivity index (χ1n) is 8.04. The molecule has 2 aromatic heterocycles. The van der Waals surface area contributed by atoms with Crippen molar-refractivity contribution >= 4 is 11.0 Å². The number of pyridine rings is 1. The number of rotatable bonds is 2. The highest BCUT2D eigenvalue weighted by Gasteiger charge is 2.25. The molecule has 1 aliphatic heterocycles. The van der Waals surface area contributed by atoms with Gasteiger partial charge in [0.25, 0.3) is 0 Å².